The minimum Gasteiger partial charge on any atom is -0.510 e. The van der Waals surface area contributed by atoms with Crippen LogP contribution in [-0.2, 0) is 18.6 Å². The lowest BCUT2D eigenvalue weighted by Crippen LogP contribution is -2.25. The molecule has 8 bridgehead atoms. The second-order valence-electron chi connectivity index (χ2n) is 11.9. The van der Waals surface area contributed by atoms with Gasteiger partial charge in [0, 0.05) is 46.4 Å². The zero-order chi connectivity index (χ0) is 32.3. The van der Waals surface area contributed by atoms with Crippen molar-refractivity contribution in [2.24, 2.45) is 32.7 Å². The molecular formula is C35H35ClN4O5. The molecule has 6 aliphatic rings. The fraction of sp³-hybridized carbons (Fsp3) is 0.343. The zero-order valence-electron chi connectivity index (χ0n) is 26.2. The summed E-state index contributed by atoms with van der Waals surface area (Å²) in [5.74, 6) is -2.74. The smallest absolute Gasteiger partial charge is 0.324 e. The van der Waals surface area contributed by atoms with E-state index in [-0.39, 0.29) is 24.0 Å². The van der Waals surface area contributed by atoms with E-state index in [2.05, 4.69) is 37.0 Å². The van der Waals surface area contributed by atoms with E-state index in [0.29, 0.717) is 34.7 Å². The van der Waals surface area contributed by atoms with Crippen molar-refractivity contribution in [2.75, 3.05) is 7.11 Å². The molecule has 232 valence electrons. The molecule has 1 fully saturated rings. The largest absolute Gasteiger partial charge is 0.510 e. The summed E-state index contributed by atoms with van der Waals surface area (Å²) in [6, 6.07) is 0. The van der Waals surface area contributed by atoms with E-state index >= 15 is 0 Å². The van der Waals surface area contributed by atoms with Crippen molar-refractivity contribution >= 4 is 40.9 Å². The molecule has 0 aromatic heterocycles. The average molecular weight is 627 g/mol. The van der Waals surface area contributed by atoms with Gasteiger partial charge in [0.2, 0.25) is 0 Å². The van der Waals surface area contributed by atoms with Crippen LogP contribution >= 0.6 is 11.9 Å². The number of nitrogens with zero attached hydrogens (tertiary/aromatic N) is 3. The Balaban J connectivity index is 1.66. The number of aliphatic hydroxyl groups excluding tert-OH is 1. The van der Waals surface area contributed by atoms with Gasteiger partial charge < -0.3 is 19.4 Å². The molecule has 10 heteroatoms. The molecule has 1 unspecified atom stereocenters. The van der Waals surface area contributed by atoms with Crippen LogP contribution < -0.4 is 5.32 Å². The minimum absolute atomic E-state index is 0.0550. The van der Waals surface area contributed by atoms with Gasteiger partial charge in [-0.2, -0.15) is 0 Å². The molecule has 5 aliphatic heterocycles. The van der Waals surface area contributed by atoms with Crippen LogP contribution in [0, 0.1) is 17.8 Å². The monoisotopic (exact) mass is 626 g/mol. The van der Waals surface area contributed by atoms with Crippen LogP contribution in [0.25, 0.3) is 0 Å². The van der Waals surface area contributed by atoms with Crippen molar-refractivity contribution in [3.8, 4) is 0 Å². The van der Waals surface area contributed by atoms with Crippen LogP contribution in [0.4, 0.5) is 0 Å². The number of hydrogen-bond acceptors (Lipinski definition) is 9. The van der Waals surface area contributed by atoms with Gasteiger partial charge in [-0.25, -0.2) is 15.0 Å². The fourth-order valence-corrected chi connectivity index (χ4v) is 7.16. The summed E-state index contributed by atoms with van der Waals surface area (Å²) in [5, 5.41) is 15.2. The van der Waals surface area contributed by atoms with Gasteiger partial charge in [0.05, 0.1) is 41.3 Å². The fourth-order valence-electron chi connectivity index (χ4n) is 7.08. The average Bonchev–Trinajstić information content (AvgIpc) is 3.76. The summed E-state index contributed by atoms with van der Waals surface area (Å²) in [6.45, 7) is 14.2. The second kappa shape index (κ2) is 11.5. The number of fused-ring (bicyclic) bond motifs is 5. The second-order valence-corrected chi connectivity index (χ2v) is 12.0. The van der Waals surface area contributed by atoms with E-state index < -0.39 is 17.9 Å². The lowest BCUT2D eigenvalue weighted by molar-refractivity contribution is -0.143. The first-order valence-corrected chi connectivity index (χ1v) is 15.4. The number of carbonyl (C=O) groups is 2. The van der Waals surface area contributed by atoms with E-state index in [4.69, 9.17) is 31.6 Å². The maximum Gasteiger partial charge on any atom is 0.324 e. The van der Waals surface area contributed by atoms with E-state index in [1.54, 1.807) is 0 Å². The molecule has 0 aromatic carbocycles. The molecule has 0 spiro atoms. The first-order chi connectivity index (χ1) is 21.5. The first kappa shape index (κ1) is 30.5. The number of aliphatic hydroxyl groups is 1. The van der Waals surface area contributed by atoms with Crippen LogP contribution in [0.3, 0.4) is 0 Å². The summed E-state index contributed by atoms with van der Waals surface area (Å²) in [4.78, 5) is 40.5. The van der Waals surface area contributed by atoms with Crippen LogP contribution in [0.1, 0.15) is 53.9 Å². The van der Waals surface area contributed by atoms with Crippen LogP contribution in [0.5, 0.6) is 0 Å². The Bertz CT molecular complexity index is 1840. The first-order valence-electron chi connectivity index (χ1n) is 15.0. The molecular weight excluding hydrogens is 592 g/mol. The van der Waals surface area contributed by atoms with Gasteiger partial charge >= 0.3 is 11.9 Å². The van der Waals surface area contributed by atoms with Gasteiger partial charge in [0.1, 0.15) is 23.5 Å². The molecule has 45 heavy (non-hydrogen) atoms. The lowest BCUT2D eigenvalue weighted by atomic mass is 9.84. The van der Waals surface area contributed by atoms with Crippen LogP contribution in [0.2, 0.25) is 0 Å². The number of rotatable bonds is 6. The van der Waals surface area contributed by atoms with Crippen LogP contribution in [-0.4, -0.2) is 41.3 Å². The van der Waals surface area contributed by atoms with Crippen molar-refractivity contribution in [1.82, 2.24) is 5.32 Å². The highest BCUT2D eigenvalue weighted by molar-refractivity contribution is 6.24. The molecule has 0 saturated carbocycles. The highest BCUT2D eigenvalue weighted by Crippen LogP contribution is 2.49. The Hall–Kier alpha value is -4.50. The Morgan fingerprint density at radius 2 is 1.78 bits per heavy atom. The Morgan fingerprint density at radius 3 is 2.44 bits per heavy atom. The van der Waals surface area contributed by atoms with E-state index in [1.165, 1.54) is 7.11 Å². The van der Waals surface area contributed by atoms with Gasteiger partial charge in [-0.3, -0.25) is 9.59 Å². The number of esters is 1. The molecule has 0 aromatic rings. The molecule has 0 radical (unpaired) electrons. The summed E-state index contributed by atoms with van der Waals surface area (Å²) >= 11 is 5.38. The highest BCUT2D eigenvalue weighted by Gasteiger charge is 2.49. The van der Waals surface area contributed by atoms with E-state index in [0.717, 1.165) is 62.8 Å². The number of hydrogen-bond donors (Lipinski definition) is 2. The van der Waals surface area contributed by atoms with Crippen LogP contribution in [0.15, 0.2) is 119 Å². The van der Waals surface area contributed by atoms with Crippen molar-refractivity contribution in [3.63, 3.8) is 0 Å². The summed E-state index contributed by atoms with van der Waals surface area (Å²) in [5.41, 5.74) is 11.7. The molecule has 2 N–H and O–H groups in total. The predicted molar refractivity (Wildman–Crippen MR) is 174 cm³/mol. The molecule has 5 heterocycles. The third-order valence-electron chi connectivity index (χ3n) is 9.61. The summed E-state index contributed by atoms with van der Waals surface area (Å²) in [6.07, 6.45) is 8.96. The van der Waals surface area contributed by atoms with Crippen molar-refractivity contribution < 1.29 is 23.7 Å². The number of ether oxygens (including phenoxy) is 1. The summed E-state index contributed by atoms with van der Waals surface area (Å²) < 4.78 is 9.63. The SMILES string of the molecule is C=CC1=C(C)C2=NC1=CC1=NC(=CC3=C(C)C4=C(O)C(C(=O)OC)C(=C5NC(=C2)[C@@H](C)[C@@H]5CCC(=O)OCl)C4=N3)C(CC)=C1C. The number of methoxy groups -OCH3 is 1. The number of halogens is 1. The summed E-state index contributed by atoms with van der Waals surface area (Å²) in [7, 11) is 1.30. The van der Waals surface area contributed by atoms with Gasteiger partial charge in [-0.1, -0.05) is 26.5 Å². The van der Waals surface area contributed by atoms with Crippen molar-refractivity contribution in [3.05, 3.63) is 104 Å². The predicted octanol–water partition coefficient (Wildman–Crippen LogP) is 6.72. The van der Waals surface area contributed by atoms with Crippen molar-refractivity contribution in [1.29, 1.82) is 0 Å². The highest BCUT2D eigenvalue weighted by atomic mass is 35.5. The minimum atomic E-state index is -1.08. The van der Waals surface area contributed by atoms with Gasteiger partial charge in [-0.15, -0.1) is 0 Å². The number of nitrogens with one attached hydrogen (secondary N) is 1. The van der Waals surface area contributed by atoms with E-state index in [1.807, 2.05) is 38.2 Å². The molecule has 3 atom stereocenters. The maximum absolute atomic E-state index is 13.3. The maximum atomic E-state index is 13.3. The quantitative estimate of drug-likeness (QED) is 0.316. The Morgan fingerprint density at radius 1 is 1.07 bits per heavy atom. The molecule has 1 saturated heterocycles. The zero-order valence-corrected chi connectivity index (χ0v) is 26.9. The molecule has 0 amide bonds. The topological polar surface area (TPSA) is 122 Å². The molecule has 9 nitrogen and oxygen atoms in total. The van der Waals surface area contributed by atoms with Crippen molar-refractivity contribution in [2.45, 2.75) is 53.9 Å². The Kier molecular flexibility index (Phi) is 7.77. The number of allylic oxidation sites excluding steroid dienone is 11. The van der Waals surface area contributed by atoms with Gasteiger partial charge in [0.25, 0.3) is 0 Å². The third kappa shape index (κ3) is 4.72. The molecule has 1 aliphatic carbocycles. The van der Waals surface area contributed by atoms with E-state index in [9.17, 15) is 14.7 Å². The molecule has 6 rings (SSSR count). The number of aliphatic imine (C=N–C) groups is 3. The normalized spacial score (nSPS) is 25.3. The third-order valence-corrected chi connectivity index (χ3v) is 9.78. The van der Waals surface area contributed by atoms with Gasteiger partial charge in [0.15, 0.2) is 0 Å². The standard InChI is InChI=1S/C35H35ClN4O5/c1-8-19-15(3)22-12-24-17(5)21(10-11-28(41)45-36)32(39-24)30-31(35(43)44-7)34(42)29-18(6)25(40-33(29)30)14-27-20(9-2)16(4)23(38-27)13-26(19)37-22/h8,12-14,17,21,31,39,42H,1,9-11H2,2-7H3/t17-,21-,31?/m0/s1. The lowest BCUT2D eigenvalue weighted by Gasteiger charge is -2.20. The van der Waals surface area contributed by atoms with Gasteiger partial charge in [-0.05, 0) is 74.1 Å². The Labute approximate surface area is 267 Å². The number of carbonyl (C=O) groups excluding carboxylic acids is 2.